The summed E-state index contributed by atoms with van der Waals surface area (Å²) in [6, 6.07) is 5.13. The Labute approximate surface area is 116 Å². The molecule has 3 nitrogen and oxygen atoms in total. The lowest BCUT2D eigenvalue weighted by Gasteiger charge is -2.07. The normalized spacial score (nSPS) is 12.6. The summed E-state index contributed by atoms with van der Waals surface area (Å²) in [5.74, 6) is -1.13. The summed E-state index contributed by atoms with van der Waals surface area (Å²) in [6.45, 7) is 1.73. The minimum atomic E-state index is -1.05. The molecule has 90 valence electrons. The lowest BCUT2D eigenvalue weighted by molar-refractivity contribution is -0.131. The highest BCUT2D eigenvalue weighted by Gasteiger charge is 2.15. The van der Waals surface area contributed by atoms with Crippen LogP contribution < -0.4 is 0 Å². The number of rotatable bonds is 4. The van der Waals surface area contributed by atoms with Crippen LogP contribution in [0.2, 0.25) is 0 Å². The molecule has 17 heavy (non-hydrogen) atoms. The van der Waals surface area contributed by atoms with Gasteiger partial charge in [-0.25, -0.2) is 4.79 Å². The van der Waals surface area contributed by atoms with Gasteiger partial charge in [0.25, 0.3) is 0 Å². The Balaban J connectivity index is 3.21. The predicted octanol–water partition coefficient (Wildman–Crippen LogP) is 3.51. The Morgan fingerprint density at radius 1 is 1.41 bits per heavy atom. The van der Waals surface area contributed by atoms with Crippen molar-refractivity contribution in [2.45, 2.75) is 11.8 Å². The number of carboxylic acids is 1. The second-order valence-electron chi connectivity index (χ2n) is 3.38. The van der Waals surface area contributed by atoms with Gasteiger partial charge < -0.3 is 5.11 Å². The van der Waals surface area contributed by atoms with Crippen molar-refractivity contribution >= 4 is 49.7 Å². The number of carbonyl (C=O) groups excluding carboxylic acids is 1. The third-order valence-corrected chi connectivity index (χ3v) is 2.95. The van der Waals surface area contributed by atoms with Gasteiger partial charge in [-0.1, -0.05) is 31.9 Å². The highest BCUT2D eigenvalue weighted by Crippen LogP contribution is 2.21. The van der Waals surface area contributed by atoms with Crippen LogP contribution in [-0.2, 0) is 4.79 Å². The molecular weight excluding hydrogens is 352 g/mol. The fourth-order valence-corrected chi connectivity index (χ4v) is 1.90. The number of carbonyl (C=O) groups is 2. The maximum Gasteiger partial charge on any atom is 0.328 e. The molecule has 0 saturated heterocycles. The Morgan fingerprint density at radius 2 is 2.06 bits per heavy atom. The van der Waals surface area contributed by atoms with Crippen LogP contribution in [-0.4, -0.2) is 21.7 Å². The fraction of sp³-hybridized carbons (Fsp3) is 0.167. The molecule has 0 heterocycles. The lowest BCUT2D eigenvalue weighted by atomic mass is 10.0. The van der Waals surface area contributed by atoms with E-state index in [4.69, 9.17) is 5.11 Å². The Hall–Kier alpha value is -0.940. The summed E-state index contributed by atoms with van der Waals surface area (Å²) in [4.78, 5) is 22.1. The van der Waals surface area contributed by atoms with Crippen molar-refractivity contribution in [2.75, 3.05) is 0 Å². The fourth-order valence-electron chi connectivity index (χ4n) is 1.27. The van der Waals surface area contributed by atoms with Gasteiger partial charge in [0.05, 0.1) is 4.83 Å². The number of hydrogen-bond acceptors (Lipinski definition) is 2. The van der Waals surface area contributed by atoms with Crippen LogP contribution in [0.15, 0.2) is 28.7 Å². The first-order chi connectivity index (χ1) is 7.91. The van der Waals surface area contributed by atoms with Crippen LogP contribution in [0.4, 0.5) is 0 Å². The van der Waals surface area contributed by atoms with E-state index in [0.29, 0.717) is 11.1 Å². The number of halogens is 2. The van der Waals surface area contributed by atoms with E-state index < -0.39 is 5.97 Å². The van der Waals surface area contributed by atoms with Crippen molar-refractivity contribution in [1.29, 1.82) is 0 Å². The Bertz CT molecular complexity index is 479. The molecular formula is C12H10Br2O3. The molecule has 0 saturated carbocycles. The highest BCUT2D eigenvalue weighted by atomic mass is 79.9. The van der Waals surface area contributed by atoms with Gasteiger partial charge in [0.1, 0.15) is 0 Å². The van der Waals surface area contributed by atoms with Crippen LogP contribution in [0, 0.1) is 0 Å². The van der Waals surface area contributed by atoms with E-state index in [0.717, 1.165) is 10.5 Å². The number of hydrogen-bond donors (Lipinski definition) is 1. The molecule has 1 atom stereocenters. The molecule has 0 bridgehead atoms. The topological polar surface area (TPSA) is 54.4 Å². The average Bonchev–Trinajstić information content (AvgIpc) is 2.25. The van der Waals surface area contributed by atoms with E-state index in [-0.39, 0.29) is 10.6 Å². The molecule has 1 aromatic carbocycles. The van der Waals surface area contributed by atoms with Gasteiger partial charge in [0, 0.05) is 16.1 Å². The van der Waals surface area contributed by atoms with Crippen molar-refractivity contribution in [1.82, 2.24) is 0 Å². The molecule has 0 aliphatic carbocycles. The third-order valence-electron chi connectivity index (χ3n) is 2.05. The summed E-state index contributed by atoms with van der Waals surface area (Å²) in [5, 5.41) is 8.59. The monoisotopic (exact) mass is 360 g/mol. The van der Waals surface area contributed by atoms with Gasteiger partial charge in [0.2, 0.25) is 0 Å². The van der Waals surface area contributed by atoms with Gasteiger partial charge in [-0.05, 0) is 36.8 Å². The lowest BCUT2D eigenvalue weighted by Crippen LogP contribution is -2.11. The smallest absolute Gasteiger partial charge is 0.328 e. The first-order valence-corrected chi connectivity index (χ1v) is 6.51. The summed E-state index contributed by atoms with van der Waals surface area (Å²) in [6.07, 6.45) is 2.42. The molecule has 0 aliphatic rings. The summed E-state index contributed by atoms with van der Waals surface area (Å²) in [5.41, 5.74) is 1.08. The third kappa shape index (κ3) is 4.09. The van der Waals surface area contributed by atoms with E-state index in [1.807, 2.05) is 0 Å². The SMILES string of the molecule is CC(Br)C(=O)c1ccc(Br)cc1/C=C/C(=O)O. The van der Waals surface area contributed by atoms with Crippen molar-refractivity contribution in [2.24, 2.45) is 0 Å². The molecule has 0 aromatic heterocycles. The minimum Gasteiger partial charge on any atom is -0.478 e. The van der Waals surface area contributed by atoms with Gasteiger partial charge in [-0.3, -0.25) is 4.79 Å². The van der Waals surface area contributed by atoms with E-state index in [1.54, 1.807) is 25.1 Å². The van der Waals surface area contributed by atoms with E-state index >= 15 is 0 Å². The molecule has 0 spiro atoms. The molecule has 0 amide bonds. The van der Waals surface area contributed by atoms with E-state index in [2.05, 4.69) is 31.9 Å². The first-order valence-electron chi connectivity index (χ1n) is 4.80. The molecule has 1 rings (SSSR count). The van der Waals surface area contributed by atoms with Crippen molar-refractivity contribution in [3.05, 3.63) is 39.9 Å². The van der Waals surface area contributed by atoms with Crippen LogP contribution >= 0.6 is 31.9 Å². The number of Topliss-reactive ketones (excluding diaryl/α,β-unsaturated/α-hetero) is 1. The van der Waals surface area contributed by atoms with Crippen LogP contribution in [0.3, 0.4) is 0 Å². The van der Waals surface area contributed by atoms with E-state index in [9.17, 15) is 9.59 Å². The summed E-state index contributed by atoms with van der Waals surface area (Å²) >= 11 is 6.49. The van der Waals surface area contributed by atoms with E-state index in [1.165, 1.54) is 6.08 Å². The minimum absolute atomic E-state index is 0.0810. The second-order valence-corrected chi connectivity index (χ2v) is 5.67. The summed E-state index contributed by atoms with van der Waals surface area (Å²) in [7, 11) is 0. The Kier molecular flexibility index (Phi) is 5.08. The maximum absolute atomic E-state index is 11.9. The number of benzene rings is 1. The van der Waals surface area contributed by atoms with Gasteiger partial charge in [0.15, 0.2) is 5.78 Å². The zero-order valence-electron chi connectivity index (χ0n) is 8.98. The van der Waals surface area contributed by atoms with Crippen molar-refractivity contribution in [3.63, 3.8) is 0 Å². The molecule has 0 fully saturated rings. The van der Waals surface area contributed by atoms with Gasteiger partial charge in [-0.15, -0.1) is 0 Å². The number of carboxylic acid groups (broad SMARTS) is 1. The van der Waals surface area contributed by atoms with Crippen molar-refractivity contribution < 1.29 is 14.7 Å². The second kappa shape index (κ2) is 6.12. The molecule has 1 aromatic rings. The molecule has 0 aliphatic heterocycles. The molecule has 1 unspecified atom stereocenters. The maximum atomic E-state index is 11.9. The average molecular weight is 362 g/mol. The van der Waals surface area contributed by atoms with Gasteiger partial charge >= 0.3 is 5.97 Å². The first kappa shape index (κ1) is 14.1. The largest absolute Gasteiger partial charge is 0.478 e. The number of ketones is 1. The highest BCUT2D eigenvalue weighted by molar-refractivity contribution is 9.10. The standard InChI is InChI=1S/C12H10Br2O3/c1-7(13)12(17)10-4-3-9(14)6-8(10)2-5-11(15)16/h2-7H,1H3,(H,15,16)/b5-2+. The number of alkyl halides is 1. The molecule has 1 N–H and O–H groups in total. The predicted molar refractivity (Wildman–Crippen MR) is 73.5 cm³/mol. The molecule has 0 radical (unpaired) electrons. The van der Waals surface area contributed by atoms with Crippen molar-refractivity contribution in [3.8, 4) is 0 Å². The Morgan fingerprint density at radius 3 is 2.59 bits per heavy atom. The van der Waals surface area contributed by atoms with Gasteiger partial charge in [-0.2, -0.15) is 0 Å². The zero-order valence-corrected chi connectivity index (χ0v) is 12.2. The summed E-state index contributed by atoms with van der Waals surface area (Å²) < 4.78 is 0.793. The zero-order chi connectivity index (χ0) is 13.0. The number of aliphatic carboxylic acids is 1. The molecule has 5 heteroatoms. The quantitative estimate of drug-likeness (QED) is 0.507. The van der Waals surface area contributed by atoms with Crippen LogP contribution in [0.1, 0.15) is 22.8 Å². The van der Waals surface area contributed by atoms with Crippen LogP contribution in [0.5, 0.6) is 0 Å². The van der Waals surface area contributed by atoms with Crippen LogP contribution in [0.25, 0.3) is 6.08 Å².